The first-order valence-corrected chi connectivity index (χ1v) is 13.8. The van der Waals surface area contributed by atoms with E-state index in [0.29, 0.717) is 6.42 Å². The number of benzene rings is 2. The summed E-state index contributed by atoms with van der Waals surface area (Å²) in [5.74, 6) is 5.11. The van der Waals surface area contributed by atoms with E-state index in [1.54, 1.807) is 6.07 Å². The largest absolute Gasteiger partial charge is 0.487 e. The van der Waals surface area contributed by atoms with E-state index in [2.05, 4.69) is 12.8 Å². The Morgan fingerprint density at radius 3 is 2.36 bits per heavy atom. The number of ether oxygens (including phenoxy) is 1. The van der Waals surface area contributed by atoms with Gasteiger partial charge in [-0.3, -0.25) is 4.79 Å². The molecule has 4 aliphatic carbocycles. The van der Waals surface area contributed by atoms with Crippen molar-refractivity contribution < 1.29 is 13.9 Å². The number of carbonyl (C=O) groups excluding carboxylic acids is 1. The normalized spacial score (nSPS) is 32.1. The molecular weight excluding hydrogens is 449 g/mol. The first-order valence-electron chi connectivity index (χ1n) is 13.8. The highest BCUT2D eigenvalue weighted by Gasteiger charge is 2.52. The zero-order valence-corrected chi connectivity index (χ0v) is 21.2. The van der Waals surface area contributed by atoms with Crippen molar-refractivity contribution in [1.82, 2.24) is 4.90 Å². The van der Waals surface area contributed by atoms with E-state index in [-0.39, 0.29) is 23.4 Å². The van der Waals surface area contributed by atoms with Crippen LogP contribution in [0.3, 0.4) is 0 Å². The molecule has 2 atom stereocenters. The Hall–Kier alpha value is -2.80. The summed E-state index contributed by atoms with van der Waals surface area (Å²) in [7, 11) is 0. The second-order valence-corrected chi connectivity index (χ2v) is 11.9. The van der Waals surface area contributed by atoms with Crippen molar-refractivity contribution in [3.63, 3.8) is 0 Å². The average Bonchev–Trinajstić information content (AvgIpc) is 2.85. The van der Waals surface area contributed by atoms with Crippen LogP contribution in [0, 0.1) is 35.9 Å². The maximum absolute atomic E-state index is 14.4. The molecule has 1 unspecified atom stereocenters. The molecule has 0 saturated heterocycles. The molecule has 4 bridgehead atoms. The molecule has 1 amide bonds. The van der Waals surface area contributed by atoms with Gasteiger partial charge >= 0.3 is 0 Å². The highest BCUT2D eigenvalue weighted by molar-refractivity contribution is 5.94. The molecule has 0 radical (unpaired) electrons. The van der Waals surface area contributed by atoms with Gasteiger partial charge in [-0.15, -0.1) is 6.42 Å². The molecule has 4 fully saturated rings. The molecule has 0 spiro atoms. The van der Waals surface area contributed by atoms with Crippen molar-refractivity contribution in [2.24, 2.45) is 17.8 Å². The van der Waals surface area contributed by atoms with Gasteiger partial charge in [0.2, 0.25) is 0 Å². The SMILES string of the molecule is C#CC(=O)N1C(c2ccc(OC34CC5CC(CC(C5)C3)C4)cc2)c2cc(F)ccc2C[C@@H]1CCCC. The van der Waals surface area contributed by atoms with Crippen molar-refractivity contribution in [3.8, 4) is 18.1 Å². The van der Waals surface area contributed by atoms with Crippen LogP contribution in [0.15, 0.2) is 42.5 Å². The average molecular weight is 486 g/mol. The van der Waals surface area contributed by atoms with Gasteiger partial charge in [-0.25, -0.2) is 4.39 Å². The van der Waals surface area contributed by atoms with E-state index in [9.17, 15) is 9.18 Å². The Balaban J connectivity index is 1.32. The third-order valence-electron chi connectivity index (χ3n) is 9.29. The van der Waals surface area contributed by atoms with E-state index < -0.39 is 6.04 Å². The molecule has 2 aromatic carbocycles. The molecule has 0 aromatic heterocycles. The molecule has 36 heavy (non-hydrogen) atoms. The Bertz CT molecular complexity index is 1140. The van der Waals surface area contributed by atoms with E-state index >= 15 is 0 Å². The van der Waals surface area contributed by atoms with Crippen LogP contribution in [0.4, 0.5) is 4.39 Å². The quantitative estimate of drug-likeness (QED) is 0.419. The van der Waals surface area contributed by atoms with Crippen molar-refractivity contribution in [1.29, 1.82) is 0 Å². The van der Waals surface area contributed by atoms with Crippen molar-refractivity contribution in [3.05, 3.63) is 65.0 Å². The standard InChI is InChI=1S/C32H36FNO2/c1-3-5-6-27-16-25-7-10-26(33)17-29(25)31(34(27)30(35)4-2)24-8-11-28(12-9-24)36-32-18-21-13-22(19-32)15-23(14-21)20-32/h2,7-12,17,21-23,27,31H,3,5-6,13-16,18-20H2,1H3/t21?,22?,23?,27-,31?,32?/m0/s1. The summed E-state index contributed by atoms with van der Waals surface area (Å²) in [4.78, 5) is 14.9. The maximum atomic E-state index is 14.4. The highest BCUT2D eigenvalue weighted by Crippen LogP contribution is 2.57. The molecule has 2 aromatic rings. The molecule has 4 heteroatoms. The van der Waals surface area contributed by atoms with Gasteiger partial charge in [0.05, 0.1) is 6.04 Å². The molecule has 1 heterocycles. The lowest BCUT2D eigenvalue weighted by Gasteiger charge is -2.56. The molecule has 7 rings (SSSR count). The van der Waals surface area contributed by atoms with Crippen LogP contribution in [0.25, 0.3) is 0 Å². The molecule has 3 nitrogen and oxygen atoms in total. The molecule has 188 valence electrons. The van der Waals surface area contributed by atoms with Gasteiger partial charge in [0.25, 0.3) is 5.91 Å². The first kappa shape index (κ1) is 23.6. The second-order valence-electron chi connectivity index (χ2n) is 11.9. The predicted molar refractivity (Wildman–Crippen MR) is 139 cm³/mol. The summed E-state index contributed by atoms with van der Waals surface area (Å²) < 4.78 is 21.2. The Morgan fingerprint density at radius 1 is 1.08 bits per heavy atom. The first-order chi connectivity index (χ1) is 17.5. The number of amides is 1. The van der Waals surface area contributed by atoms with Crippen LogP contribution >= 0.6 is 0 Å². The van der Waals surface area contributed by atoms with Crippen molar-refractivity contribution in [2.45, 2.75) is 88.8 Å². The lowest BCUT2D eigenvalue weighted by Crippen LogP contribution is -2.53. The summed E-state index contributed by atoms with van der Waals surface area (Å²) in [6.45, 7) is 2.15. The maximum Gasteiger partial charge on any atom is 0.299 e. The Labute approximate surface area is 214 Å². The molecule has 0 N–H and O–H groups in total. The molecule has 1 aliphatic heterocycles. The summed E-state index contributed by atoms with van der Waals surface area (Å²) in [5, 5.41) is 0. The Kier molecular flexibility index (Phi) is 6.06. The third kappa shape index (κ3) is 4.21. The number of carbonyl (C=O) groups is 1. The zero-order valence-electron chi connectivity index (χ0n) is 21.2. The second kappa shape index (κ2) is 9.25. The number of fused-ring (bicyclic) bond motifs is 1. The number of rotatable bonds is 6. The van der Waals surface area contributed by atoms with Gasteiger partial charge in [-0.2, -0.15) is 0 Å². The highest BCUT2D eigenvalue weighted by atomic mass is 19.1. The fourth-order valence-electron chi connectivity index (χ4n) is 8.22. The number of halogens is 1. The van der Waals surface area contributed by atoms with Crippen molar-refractivity contribution >= 4 is 5.91 Å². The smallest absolute Gasteiger partial charge is 0.299 e. The number of nitrogens with zero attached hydrogens (tertiary/aromatic N) is 1. The minimum absolute atomic E-state index is 0.000544. The number of unbranched alkanes of at least 4 members (excludes halogenated alkanes) is 1. The summed E-state index contributed by atoms with van der Waals surface area (Å²) in [5.41, 5.74) is 2.87. The fourth-order valence-corrected chi connectivity index (χ4v) is 8.22. The van der Waals surface area contributed by atoms with Crippen molar-refractivity contribution in [2.75, 3.05) is 0 Å². The van der Waals surface area contributed by atoms with Crippen LogP contribution < -0.4 is 4.74 Å². The topological polar surface area (TPSA) is 29.5 Å². The number of hydrogen-bond acceptors (Lipinski definition) is 2. The van der Waals surface area contributed by atoms with E-state index in [1.165, 1.54) is 44.6 Å². The van der Waals surface area contributed by atoms with Gasteiger partial charge in [0, 0.05) is 6.04 Å². The minimum atomic E-state index is -0.400. The summed E-state index contributed by atoms with van der Waals surface area (Å²) in [6.07, 6.45) is 17.0. The Morgan fingerprint density at radius 2 is 1.75 bits per heavy atom. The van der Waals surface area contributed by atoms with Gasteiger partial charge in [-0.1, -0.05) is 38.0 Å². The van der Waals surface area contributed by atoms with Gasteiger partial charge in [-0.05, 0) is 116 Å². The molecular formula is C32H36FNO2. The van der Waals surface area contributed by atoms with Crippen LogP contribution in [-0.2, 0) is 11.2 Å². The fraction of sp³-hybridized carbons (Fsp3) is 0.531. The molecule has 4 saturated carbocycles. The van der Waals surface area contributed by atoms with Gasteiger partial charge in [0.1, 0.15) is 17.2 Å². The molecule has 5 aliphatic rings. The van der Waals surface area contributed by atoms with Crippen LogP contribution in [0.2, 0.25) is 0 Å². The lowest BCUT2D eigenvalue weighted by molar-refractivity contribution is -0.130. The van der Waals surface area contributed by atoms with Crippen LogP contribution in [0.1, 0.15) is 87.4 Å². The van der Waals surface area contributed by atoms with Gasteiger partial charge in [0.15, 0.2) is 0 Å². The van der Waals surface area contributed by atoms with Gasteiger partial charge < -0.3 is 9.64 Å². The van der Waals surface area contributed by atoms with Crippen LogP contribution in [-0.4, -0.2) is 22.4 Å². The minimum Gasteiger partial charge on any atom is -0.487 e. The predicted octanol–water partition coefficient (Wildman–Crippen LogP) is 6.84. The number of hydrogen-bond donors (Lipinski definition) is 0. The number of terminal acetylenes is 1. The lowest BCUT2D eigenvalue weighted by atomic mass is 9.54. The third-order valence-corrected chi connectivity index (χ3v) is 9.29. The summed E-state index contributed by atoms with van der Waals surface area (Å²) >= 11 is 0. The summed E-state index contributed by atoms with van der Waals surface area (Å²) in [6, 6.07) is 12.8. The monoisotopic (exact) mass is 485 g/mol. The van der Waals surface area contributed by atoms with Crippen LogP contribution in [0.5, 0.6) is 5.75 Å². The zero-order chi connectivity index (χ0) is 24.9. The van der Waals surface area contributed by atoms with E-state index in [4.69, 9.17) is 11.2 Å². The van der Waals surface area contributed by atoms with E-state index in [1.807, 2.05) is 35.2 Å². The van der Waals surface area contributed by atoms with E-state index in [0.717, 1.165) is 59.5 Å².